The summed E-state index contributed by atoms with van der Waals surface area (Å²) in [4.78, 5) is 5.79. The quantitative estimate of drug-likeness (QED) is 0.186. The van der Waals surface area contributed by atoms with Crippen molar-refractivity contribution in [2.24, 2.45) is 0 Å². The van der Waals surface area contributed by atoms with Gasteiger partial charge in [-0.15, -0.1) is 16.7 Å². The molecule has 35 heavy (non-hydrogen) atoms. The van der Waals surface area contributed by atoms with Gasteiger partial charge >= 0.3 is 0 Å². The molecule has 1 unspecified atom stereocenters. The number of anilines is 1. The predicted octanol–water partition coefficient (Wildman–Crippen LogP) is 5.94. The van der Waals surface area contributed by atoms with Crippen molar-refractivity contribution in [2.75, 3.05) is 25.0 Å². The van der Waals surface area contributed by atoms with Gasteiger partial charge in [0, 0.05) is 24.1 Å². The summed E-state index contributed by atoms with van der Waals surface area (Å²) in [7, 11) is 1.63. The van der Waals surface area contributed by atoms with Crippen molar-refractivity contribution in [1.82, 2.24) is 24.7 Å². The van der Waals surface area contributed by atoms with E-state index in [0.29, 0.717) is 23.4 Å². The van der Waals surface area contributed by atoms with E-state index in [2.05, 4.69) is 32.9 Å². The third-order valence-corrected chi connectivity index (χ3v) is 6.11. The van der Waals surface area contributed by atoms with E-state index in [4.69, 9.17) is 32.7 Å². The second-order valence-corrected chi connectivity index (χ2v) is 8.68. The second kappa shape index (κ2) is 12.0. The molecule has 0 spiro atoms. The van der Waals surface area contributed by atoms with E-state index in [1.807, 2.05) is 41.8 Å². The average molecular weight is 515 g/mol. The fourth-order valence-electron chi connectivity index (χ4n) is 3.97. The minimum atomic E-state index is 0.0886. The second-order valence-electron chi connectivity index (χ2n) is 7.91. The summed E-state index contributed by atoms with van der Waals surface area (Å²) in [6.07, 6.45) is 8.02. The maximum absolute atomic E-state index is 5.98. The molecule has 0 fully saturated rings. The summed E-state index contributed by atoms with van der Waals surface area (Å²) in [5.41, 5.74) is 7.09. The van der Waals surface area contributed by atoms with Crippen LogP contribution < -0.4 is 14.9 Å². The van der Waals surface area contributed by atoms with Gasteiger partial charge in [-0.3, -0.25) is 5.43 Å². The summed E-state index contributed by atoms with van der Waals surface area (Å²) in [5.74, 6) is 2.24. The number of rotatable bonds is 12. The first-order chi connectivity index (χ1) is 17.1. The topological polar surface area (TPSA) is 79.0 Å². The number of nitrogens with one attached hydrogen (secondary N) is 1. The Morgan fingerprint density at radius 1 is 1.11 bits per heavy atom. The number of aromatic nitrogens is 5. The smallest absolute Gasteiger partial charge is 0.147 e. The monoisotopic (exact) mass is 514 g/mol. The van der Waals surface area contributed by atoms with Crippen molar-refractivity contribution < 1.29 is 9.47 Å². The van der Waals surface area contributed by atoms with E-state index in [9.17, 15) is 0 Å². The Morgan fingerprint density at radius 3 is 2.63 bits per heavy atom. The number of imidazole rings is 1. The molecule has 0 saturated heterocycles. The van der Waals surface area contributed by atoms with Crippen LogP contribution in [0, 0.1) is 0 Å². The molecule has 10 heteroatoms. The largest absolute Gasteiger partial charge is 0.494 e. The van der Waals surface area contributed by atoms with Crippen LogP contribution in [0.25, 0.3) is 5.69 Å². The molecule has 0 bridgehead atoms. The van der Waals surface area contributed by atoms with E-state index < -0.39 is 0 Å². The van der Waals surface area contributed by atoms with Crippen LogP contribution in [0.15, 0.2) is 61.2 Å². The summed E-state index contributed by atoms with van der Waals surface area (Å²) in [6, 6.07) is 14.0. The molecule has 0 saturated carbocycles. The molecule has 2 aromatic heterocycles. The van der Waals surface area contributed by atoms with E-state index in [1.165, 1.54) is 5.56 Å². The molecular formula is C25H28Cl2N6O2. The molecule has 0 radical (unpaired) electrons. The number of methoxy groups -OCH3 is 1. The number of ether oxygens (including phenoxy) is 2. The SMILES string of the molecule is CCOc1ccc(C(CCCCCl)c2cnnn2Nc2ccc(-n3cnc(Cl)c3)c(OC)c2)cc1. The number of benzene rings is 2. The molecule has 0 aliphatic heterocycles. The number of hydrogen-bond donors (Lipinski definition) is 1. The molecule has 184 valence electrons. The minimum Gasteiger partial charge on any atom is -0.494 e. The number of alkyl halides is 1. The van der Waals surface area contributed by atoms with Crippen molar-refractivity contribution in [3.63, 3.8) is 0 Å². The van der Waals surface area contributed by atoms with Crippen molar-refractivity contribution in [1.29, 1.82) is 0 Å². The molecule has 4 aromatic rings. The Hall–Kier alpha value is -3.23. The summed E-state index contributed by atoms with van der Waals surface area (Å²) in [5, 5.41) is 8.91. The maximum Gasteiger partial charge on any atom is 0.147 e. The van der Waals surface area contributed by atoms with Crippen LogP contribution in [-0.4, -0.2) is 44.3 Å². The standard InChI is InChI=1S/C25H28Cl2N6O2/c1-3-35-20-10-7-18(8-11-20)21(6-4-5-13-26)23-15-29-31-33(23)30-19-9-12-22(24(14-19)34-2)32-16-25(27)28-17-32/h7-12,14-17,21,30H,3-6,13H2,1-2H3. The van der Waals surface area contributed by atoms with Gasteiger partial charge in [0.25, 0.3) is 0 Å². The zero-order valence-corrected chi connectivity index (χ0v) is 21.2. The molecule has 1 atom stereocenters. The van der Waals surface area contributed by atoms with Crippen LogP contribution in [0.1, 0.15) is 43.4 Å². The number of hydrogen-bond acceptors (Lipinski definition) is 6. The van der Waals surface area contributed by atoms with Crippen LogP contribution in [0.5, 0.6) is 11.5 Å². The number of unbranched alkanes of at least 4 members (excludes halogenated alkanes) is 1. The van der Waals surface area contributed by atoms with Gasteiger partial charge in [0.05, 0.1) is 37.0 Å². The van der Waals surface area contributed by atoms with E-state index in [0.717, 1.165) is 42.1 Å². The molecule has 2 heterocycles. The Bertz CT molecular complexity index is 1220. The first-order valence-corrected chi connectivity index (χ1v) is 12.4. The van der Waals surface area contributed by atoms with Gasteiger partial charge in [-0.1, -0.05) is 30.2 Å². The number of nitrogens with zero attached hydrogens (tertiary/aromatic N) is 5. The molecule has 0 aliphatic rings. The third-order valence-electron chi connectivity index (χ3n) is 5.65. The van der Waals surface area contributed by atoms with E-state index >= 15 is 0 Å². The van der Waals surface area contributed by atoms with Gasteiger partial charge in [-0.2, -0.15) is 4.79 Å². The molecule has 0 amide bonds. The lowest BCUT2D eigenvalue weighted by Crippen LogP contribution is -2.18. The van der Waals surface area contributed by atoms with Crippen LogP contribution >= 0.6 is 23.2 Å². The Morgan fingerprint density at radius 2 is 1.94 bits per heavy atom. The maximum atomic E-state index is 5.98. The van der Waals surface area contributed by atoms with E-state index in [-0.39, 0.29) is 5.92 Å². The minimum absolute atomic E-state index is 0.0886. The van der Waals surface area contributed by atoms with Crippen LogP contribution in [-0.2, 0) is 0 Å². The lowest BCUT2D eigenvalue weighted by Gasteiger charge is -2.20. The van der Waals surface area contributed by atoms with Crippen LogP contribution in [0.2, 0.25) is 5.15 Å². The molecule has 1 N–H and O–H groups in total. The zero-order chi connectivity index (χ0) is 24.6. The van der Waals surface area contributed by atoms with Crippen molar-refractivity contribution in [3.05, 3.63) is 77.6 Å². The van der Waals surface area contributed by atoms with Crippen molar-refractivity contribution in [2.45, 2.75) is 32.1 Å². The molecular weight excluding hydrogens is 487 g/mol. The van der Waals surface area contributed by atoms with Gasteiger partial charge in [-0.25, -0.2) is 4.98 Å². The highest BCUT2D eigenvalue weighted by Gasteiger charge is 2.20. The van der Waals surface area contributed by atoms with Gasteiger partial charge in [-0.05, 0) is 54.8 Å². The Labute approximate surface area is 214 Å². The Kier molecular flexibility index (Phi) is 8.50. The third kappa shape index (κ3) is 6.07. The molecule has 8 nitrogen and oxygen atoms in total. The lowest BCUT2D eigenvalue weighted by atomic mass is 9.91. The zero-order valence-electron chi connectivity index (χ0n) is 19.7. The molecule has 0 aliphatic carbocycles. The van der Waals surface area contributed by atoms with Gasteiger partial charge in [0.1, 0.15) is 23.0 Å². The van der Waals surface area contributed by atoms with Gasteiger partial charge < -0.3 is 14.0 Å². The highest BCUT2D eigenvalue weighted by molar-refractivity contribution is 6.29. The molecule has 2 aromatic carbocycles. The summed E-state index contributed by atoms with van der Waals surface area (Å²) < 4.78 is 13.0. The van der Waals surface area contributed by atoms with Crippen molar-refractivity contribution >= 4 is 28.9 Å². The number of halogens is 2. The van der Waals surface area contributed by atoms with Gasteiger partial charge in [0.15, 0.2) is 0 Å². The van der Waals surface area contributed by atoms with Crippen LogP contribution in [0.4, 0.5) is 5.69 Å². The first kappa shape index (κ1) is 24.9. The highest BCUT2D eigenvalue weighted by Crippen LogP contribution is 2.32. The summed E-state index contributed by atoms with van der Waals surface area (Å²) >= 11 is 11.9. The van der Waals surface area contributed by atoms with E-state index in [1.54, 1.807) is 30.6 Å². The lowest BCUT2D eigenvalue weighted by molar-refractivity contribution is 0.340. The fourth-order valence-corrected chi connectivity index (χ4v) is 4.31. The van der Waals surface area contributed by atoms with Gasteiger partial charge in [0.2, 0.25) is 0 Å². The van der Waals surface area contributed by atoms with Crippen LogP contribution in [0.3, 0.4) is 0 Å². The predicted molar refractivity (Wildman–Crippen MR) is 138 cm³/mol. The normalized spacial score (nSPS) is 11.9. The summed E-state index contributed by atoms with van der Waals surface area (Å²) in [6.45, 7) is 2.61. The highest BCUT2D eigenvalue weighted by atomic mass is 35.5. The average Bonchev–Trinajstić information content (AvgIpc) is 3.51. The van der Waals surface area contributed by atoms with Crippen molar-refractivity contribution in [3.8, 4) is 17.2 Å². The Balaban J connectivity index is 1.60. The molecule has 4 rings (SSSR count). The first-order valence-electron chi connectivity index (χ1n) is 11.5. The fraction of sp³-hybridized carbons (Fsp3) is 0.320.